The molecule has 0 spiro atoms. The molecule has 0 aliphatic rings. The van der Waals surface area contributed by atoms with E-state index >= 15 is 0 Å². The van der Waals surface area contributed by atoms with Crippen LogP contribution >= 0.6 is 0 Å². The first-order valence-corrected chi connectivity index (χ1v) is 9.14. The van der Waals surface area contributed by atoms with Gasteiger partial charge in [-0.05, 0) is 36.4 Å². The molecule has 2 aromatic rings. The molecule has 0 aliphatic heterocycles. The van der Waals surface area contributed by atoms with E-state index in [-0.39, 0.29) is 12.5 Å². The van der Waals surface area contributed by atoms with Crippen molar-refractivity contribution in [2.45, 2.75) is 6.54 Å². The van der Waals surface area contributed by atoms with Crippen LogP contribution < -0.4 is 20.3 Å². The summed E-state index contributed by atoms with van der Waals surface area (Å²) >= 11 is 0. The topological polar surface area (TPSA) is 71.9 Å². The highest BCUT2D eigenvalue weighted by Gasteiger charge is 2.16. The molecule has 9 heteroatoms. The number of hydrogen-bond donors (Lipinski definition) is 3. The fourth-order valence-electron chi connectivity index (χ4n) is 2.60. The third-order valence-electron chi connectivity index (χ3n) is 4.01. The summed E-state index contributed by atoms with van der Waals surface area (Å²) in [5.74, 6) is -4.97. The molecule has 0 heterocycles. The molecule has 0 fully saturated rings. The van der Waals surface area contributed by atoms with Gasteiger partial charge in [-0.1, -0.05) is 12.7 Å². The van der Waals surface area contributed by atoms with E-state index in [1.807, 2.05) is 31.3 Å². The van der Waals surface area contributed by atoms with Crippen molar-refractivity contribution in [1.29, 1.82) is 0 Å². The fourth-order valence-corrected chi connectivity index (χ4v) is 2.60. The molecular formula is C21H23F3N3O3+. The number of nitrogens with one attached hydrogen (secondary N) is 3. The maximum Gasteiger partial charge on any atom is 0.275 e. The van der Waals surface area contributed by atoms with Crippen molar-refractivity contribution >= 4 is 17.5 Å². The number of benzene rings is 2. The Morgan fingerprint density at radius 2 is 1.77 bits per heavy atom. The number of halogens is 3. The average Bonchev–Trinajstić information content (AvgIpc) is 2.72. The molecule has 1 unspecified atom stereocenters. The van der Waals surface area contributed by atoms with Gasteiger partial charge in [0.1, 0.15) is 18.9 Å². The fraction of sp³-hybridized carbons (Fsp3) is 0.238. The van der Waals surface area contributed by atoms with Crippen molar-refractivity contribution in [1.82, 2.24) is 5.32 Å². The molecule has 2 rings (SSSR count). The number of likely N-dealkylation sites (N-methyl/N-ethyl adjacent to an activating group) is 1. The number of carbonyl (C=O) groups is 2. The van der Waals surface area contributed by atoms with Crippen LogP contribution in [0.1, 0.15) is 5.56 Å². The van der Waals surface area contributed by atoms with E-state index in [0.29, 0.717) is 19.2 Å². The summed E-state index contributed by atoms with van der Waals surface area (Å²) in [5, 5.41) is 4.49. The van der Waals surface area contributed by atoms with Gasteiger partial charge in [-0.15, -0.1) is 0 Å². The summed E-state index contributed by atoms with van der Waals surface area (Å²) in [6, 6.07) is 9.04. The van der Waals surface area contributed by atoms with E-state index in [2.05, 4.69) is 17.2 Å². The van der Waals surface area contributed by atoms with Crippen LogP contribution in [0.25, 0.3) is 0 Å². The number of carbonyl (C=O) groups excluding carboxylic acids is 2. The minimum Gasteiger partial charge on any atom is -0.490 e. The lowest BCUT2D eigenvalue weighted by Gasteiger charge is -2.14. The SMILES string of the molecule is C=CCOc1ccc(C[NH+](C)CC(=O)NCC(=O)Nc2ccc(F)c(F)c2F)cc1. The molecule has 1 atom stereocenters. The lowest BCUT2D eigenvalue weighted by atomic mass is 10.2. The number of hydrogen-bond acceptors (Lipinski definition) is 3. The molecule has 3 N–H and O–H groups in total. The Bertz CT molecular complexity index is 904. The van der Waals surface area contributed by atoms with Gasteiger partial charge in [-0.3, -0.25) is 9.59 Å². The first-order valence-electron chi connectivity index (χ1n) is 9.14. The molecule has 0 saturated heterocycles. The highest BCUT2D eigenvalue weighted by atomic mass is 19.2. The smallest absolute Gasteiger partial charge is 0.275 e. The maximum atomic E-state index is 13.6. The van der Waals surface area contributed by atoms with Crippen LogP contribution in [-0.4, -0.2) is 38.6 Å². The monoisotopic (exact) mass is 422 g/mol. The zero-order valence-corrected chi connectivity index (χ0v) is 16.4. The largest absolute Gasteiger partial charge is 0.490 e. The van der Waals surface area contributed by atoms with Gasteiger partial charge in [-0.2, -0.15) is 0 Å². The summed E-state index contributed by atoms with van der Waals surface area (Å²) in [6.45, 7) is 4.24. The Morgan fingerprint density at radius 1 is 1.07 bits per heavy atom. The van der Waals surface area contributed by atoms with Gasteiger partial charge in [0.25, 0.3) is 5.91 Å². The Balaban J connectivity index is 1.76. The first kappa shape index (κ1) is 23.0. The Labute approximate surface area is 172 Å². The molecule has 0 aromatic heterocycles. The molecule has 0 aliphatic carbocycles. The molecule has 6 nitrogen and oxygen atoms in total. The molecule has 2 aromatic carbocycles. The number of rotatable bonds is 10. The van der Waals surface area contributed by atoms with Crippen LogP contribution in [0.5, 0.6) is 5.75 Å². The van der Waals surface area contributed by atoms with E-state index < -0.39 is 35.6 Å². The van der Waals surface area contributed by atoms with Crippen LogP contribution in [0.4, 0.5) is 18.9 Å². The van der Waals surface area contributed by atoms with Gasteiger partial charge in [0, 0.05) is 5.56 Å². The number of amides is 2. The second-order valence-electron chi connectivity index (χ2n) is 6.60. The minimum atomic E-state index is -1.68. The van der Waals surface area contributed by atoms with E-state index in [9.17, 15) is 22.8 Å². The molecule has 0 bridgehead atoms. The molecule has 2 amide bonds. The maximum absolute atomic E-state index is 13.6. The highest BCUT2D eigenvalue weighted by molar-refractivity contribution is 5.94. The first-order chi connectivity index (χ1) is 14.3. The van der Waals surface area contributed by atoms with Gasteiger partial charge in [-0.25, -0.2) is 13.2 Å². The summed E-state index contributed by atoms with van der Waals surface area (Å²) in [4.78, 5) is 24.7. The zero-order chi connectivity index (χ0) is 22.1. The van der Waals surface area contributed by atoms with Crippen molar-refractivity contribution < 1.29 is 32.4 Å². The Morgan fingerprint density at radius 3 is 2.43 bits per heavy atom. The van der Waals surface area contributed by atoms with Crippen molar-refractivity contribution in [3.05, 3.63) is 72.1 Å². The molecular weight excluding hydrogens is 399 g/mol. The van der Waals surface area contributed by atoms with Gasteiger partial charge in [0.2, 0.25) is 5.91 Å². The molecule has 160 valence electrons. The molecule has 30 heavy (non-hydrogen) atoms. The lowest BCUT2D eigenvalue weighted by Crippen LogP contribution is -3.08. The van der Waals surface area contributed by atoms with Crippen LogP contribution in [0.2, 0.25) is 0 Å². The van der Waals surface area contributed by atoms with Gasteiger partial charge in [0.15, 0.2) is 24.0 Å². The predicted octanol–water partition coefficient (Wildman–Crippen LogP) is 1.44. The van der Waals surface area contributed by atoms with E-state index in [4.69, 9.17) is 4.74 Å². The van der Waals surface area contributed by atoms with Crippen LogP contribution in [0.3, 0.4) is 0 Å². The third kappa shape index (κ3) is 6.93. The van der Waals surface area contributed by atoms with Crippen LogP contribution in [0, 0.1) is 17.5 Å². The third-order valence-corrected chi connectivity index (χ3v) is 4.01. The summed E-state index contributed by atoms with van der Waals surface area (Å²) < 4.78 is 45.0. The van der Waals surface area contributed by atoms with Gasteiger partial charge < -0.3 is 20.3 Å². The van der Waals surface area contributed by atoms with Crippen molar-refractivity contribution in [2.75, 3.05) is 32.1 Å². The number of ether oxygens (including phenoxy) is 1. The Hall–Kier alpha value is -3.33. The van der Waals surface area contributed by atoms with E-state index in [1.54, 1.807) is 6.08 Å². The number of quaternary nitrogens is 1. The van der Waals surface area contributed by atoms with E-state index in [0.717, 1.165) is 22.3 Å². The predicted molar refractivity (Wildman–Crippen MR) is 106 cm³/mol. The number of anilines is 1. The van der Waals surface area contributed by atoms with Crippen molar-refractivity contribution in [3.8, 4) is 5.75 Å². The summed E-state index contributed by atoms with van der Waals surface area (Å²) in [7, 11) is 1.82. The average molecular weight is 422 g/mol. The van der Waals surface area contributed by atoms with Gasteiger partial charge in [0.05, 0.1) is 19.3 Å². The Kier molecular flexibility index (Phi) is 8.42. The standard InChI is InChI=1S/C21H22F3N3O3/c1-3-10-30-15-6-4-14(5-7-15)12-27(2)13-19(29)25-11-18(28)26-17-9-8-16(22)20(23)21(17)24/h3-9H,1,10-13H2,2H3,(H,25,29)(H,26,28)/p+1. The van der Waals surface area contributed by atoms with Crippen LogP contribution in [0.15, 0.2) is 49.1 Å². The summed E-state index contributed by atoms with van der Waals surface area (Å²) in [5.41, 5.74) is 0.495. The second-order valence-corrected chi connectivity index (χ2v) is 6.60. The quantitative estimate of drug-likeness (QED) is 0.401. The second kappa shape index (κ2) is 11.0. The van der Waals surface area contributed by atoms with Crippen LogP contribution in [-0.2, 0) is 16.1 Å². The van der Waals surface area contributed by atoms with E-state index in [1.165, 1.54) is 0 Å². The zero-order valence-electron chi connectivity index (χ0n) is 16.4. The van der Waals surface area contributed by atoms with Gasteiger partial charge >= 0.3 is 0 Å². The lowest BCUT2D eigenvalue weighted by molar-refractivity contribution is -0.885. The normalized spacial score (nSPS) is 11.5. The van der Waals surface area contributed by atoms with Crippen molar-refractivity contribution in [2.24, 2.45) is 0 Å². The molecule has 0 saturated carbocycles. The summed E-state index contributed by atoms with van der Waals surface area (Å²) in [6.07, 6.45) is 1.65. The molecule has 0 radical (unpaired) electrons. The highest BCUT2D eigenvalue weighted by Crippen LogP contribution is 2.19. The minimum absolute atomic E-state index is 0.0987. The van der Waals surface area contributed by atoms with Crippen molar-refractivity contribution in [3.63, 3.8) is 0 Å².